The molecule has 0 unspecified atom stereocenters. The fourth-order valence-corrected chi connectivity index (χ4v) is 3.15. The largest absolute Gasteiger partial charge is 0.497 e. The first kappa shape index (κ1) is 17.0. The van der Waals surface area contributed by atoms with Crippen LogP contribution in [0.1, 0.15) is 21.5 Å². The minimum atomic E-state index is -0.240. The number of carbonyl (C=O) groups excluding carboxylic acids is 1. The van der Waals surface area contributed by atoms with Crippen LogP contribution in [0.4, 0.5) is 11.6 Å². The first-order valence-electron chi connectivity index (χ1n) is 8.82. The maximum atomic E-state index is 12.4. The smallest absolute Gasteiger partial charge is 0.258 e. The van der Waals surface area contributed by atoms with Crippen LogP contribution in [0.15, 0.2) is 60.9 Å². The van der Waals surface area contributed by atoms with Crippen LogP contribution in [0.25, 0.3) is 0 Å². The highest BCUT2D eigenvalue weighted by molar-refractivity contribution is 6.03. The summed E-state index contributed by atoms with van der Waals surface area (Å²) in [6, 6.07) is 15.6. The number of benzene rings is 2. The van der Waals surface area contributed by atoms with Crippen LogP contribution in [0, 0.1) is 0 Å². The van der Waals surface area contributed by atoms with Crippen LogP contribution in [0.2, 0.25) is 0 Å². The molecule has 4 rings (SSSR count). The Kier molecular flexibility index (Phi) is 4.70. The highest BCUT2D eigenvalue weighted by Crippen LogP contribution is 2.22. The summed E-state index contributed by atoms with van der Waals surface area (Å²) in [5, 5.41) is 2.83. The fraction of sp³-hybridized carbons (Fsp3) is 0.190. The molecule has 0 bridgehead atoms. The number of hydrogen-bond acceptors (Lipinski definition) is 5. The second kappa shape index (κ2) is 7.45. The number of hydrogen-bond donors (Lipinski definition) is 1. The number of fused-ring (bicyclic) bond motifs is 1. The lowest BCUT2D eigenvalue weighted by Gasteiger charge is -2.28. The van der Waals surface area contributed by atoms with E-state index in [2.05, 4.69) is 44.5 Å². The topological polar surface area (TPSA) is 67.3 Å². The van der Waals surface area contributed by atoms with E-state index in [1.165, 1.54) is 11.1 Å². The summed E-state index contributed by atoms with van der Waals surface area (Å²) in [6.07, 6.45) is 4.11. The predicted octanol–water partition coefficient (Wildman–Crippen LogP) is 3.30. The molecule has 0 radical (unpaired) electrons. The van der Waals surface area contributed by atoms with E-state index in [0.29, 0.717) is 17.2 Å². The minimum Gasteiger partial charge on any atom is -0.497 e. The lowest BCUT2D eigenvalue weighted by atomic mass is 10.0. The molecule has 1 aliphatic rings. The Morgan fingerprint density at radius 2 is 1.74 bits per heavy atom. The molecule has 6 nitrogen and oxygen atoms in total. The summed E-state index contributed by atoms with van der Waals surface area (Å²) in [4.78, 5) is 23.3. The molecule has 3 aromatic rings. The molecule has 0 atom stereocenters. The van der Waals surface area contributed by atoms with Crippen LogP contribution < -0.4 is 15.0 Å². The standard InChI is InChI=1S/C21H20N4O2/c1-27-19-8-6-18(7-9-19)24-20(26)17-12-22-21(23-13-17)25-11-10-15-4-2-3-5-16(15)14-25/h2-9,12-13H,10-11,14H2,1H3,(H,24,26). The van der Waals surface area contributed by atoms with Crippen molar-refractivity contribution in [1.29, 1.82) is 0 Å². The molecule has 0 saturated carbocycles. The van der Waals surface area contributed by atoms with Crippen molar-refractivity contribution in [2.24, 2.45) is 0 Å². The number of anilines is 2. The van der Waals surface area contributed by atoms with Crippen molar-refractivity contribution in [1.82, 2.24) is 9.97 Å². The average molecular weight is 360 g/mol. The summed E-state index contributed by atoms with van der Waals surface area (Å²) in [7, 11) is 1.60. The second-order valence-electron chi connectivity index (χ2n) is 6.39. The molecule has 0 aliphatic carbocycles. The maximum Gasteiger partial charge on any atom is 0.258 e. The average Bonchev–Trinajstić information content (AvgIpc) is 2.74. The van der Waals surface area contributed by atoms with Gasteiger partial charge in [0, 0.05) is 31.2 Å². The van der Waals surface area contributed by atoms with Gasteiger partial charge in [0.1, 0.15) is 5.75 Å². The zero-order valence-electron chi connectivity index (χ0n) is 15.1. The second-order valence-corrected chi connectivity index (χ2v) is 6.39. The lowest BCUT2D eigenvalue weighted by molar-refractivity contribution is 0.102. The number of carbonyl (C=O) groups is 1. The van der Waals surface area contributed by atoms with E-state index in [4.69, 9.17) is 4.74 Å². The molecular weight excluding hydrogens is 340 g/mol. The van der Waals surface area contributed by atoms with Gasteiger partial charge in [-0.25, -0.2) is 9.97 Å². The fourth-order valence-electron chi connectivity index (χ4n) is 3.15. The van der Waals surface area contributed by atoms with Crippen LogP contribution in [-0.4, -0.2) is 29.5 Å². The highest BCUT2D eigenvalue weighted by Gasteiger charge is 2.18. The van der Waals surface area contributed by atoms with Crippen LogP contribution >= 0.6 is 0 Å². The van der Waals surface area contributed by atoms with E-state index in [9.17, 15) is 4.79 Å². The van der Waals surface area contributed by atoms with Gasteiger partial charge in [-0.15, -0.1) is 0 Å². The molecule has 1 N–H and O–H groups in total. The Hall–Kier alpha value is -3.41. The zero-order valence-corrected chi connectivity index (χ0v) is 15.1. The van der Waals surface area contributed by atoms with Gasteiger partial charge in [-0.1, -0.05) is 24.3 Å². The van der Waals surface area contributed by atoms with E-state index in [1.807, 2.05) is 0 Å². The van der Waals surface area contributed by atoms with Crippen molar-refractivity contribution in [2.75, 3.05) is 23.9 Å². The SMILES string of the molecule is COc1ccc(NC(=O)c2cnc(N3CCc4ccccc4C3)nc2)cc1. The molecule has 1 aliphatic heterocycles. The number of nitrogens with zero attached hydrogens (tertiary/aromatic N) is 3. The first-order valence-corrected chi connectivity index (χ1v) is 8.82. The summed E-state index contributed by atoms with van der Waals surface area (Å²) in [5.41, 5.74) is 3.79. The number of amides is 1. The van der Waals surface area contributed by atoms with E-state index in [0.717, 1.165) is 25.3 Å². The quantitative estimate of drug-likeness (QED) is 0.773. The highest BCUT2D eigenvalue weighted by atomic mass is 16.5. The van der Waals surface area contributed by atoms with E-state index in [-0.39, 0.29) is 5.91 Å². The molecule has 6 heteroatoms. The van der Waals surface area contributed by atoms with Gasteiger partial charge in [-0.05, 0) is 41.8 Å². The number of aromatic nitrogens is 2. The Morgan fingerprint density at radius 3 is 2.44 bits per heavy atom. The van der Waals surface area contributed by atoms with Gasteiger partial charge in [-0.3, -0.25) is 4.79 Å². The molecule has 1 aromatic heterocycles. The third kappa shape index (κ3) is 3.74. The van der Waals surface area contributed by atoms with Gasteiger partial charge in [0.2, 0.25) is 5.95 Å². The Labute approximate surface area is 157 Å². The van der Waals surface area contributed by atoms with Crippen molar-refractivity contribution >= 4 is 17.5 Å². The van der Waals surface area contributed by atoms with Crippen molar-refractivity contribution < 1.29 is 9.53 Å². The summed E-state index contributed by atoms with van der Waals surface area (Å²) >= 11 is 0. The third-order valence-corrected chi connectivity index (χ3v) is 4.66. The Balaban J connectivity index is 1.43. The maximum absolute atomic E-state index is 12.4. The number of rotatable bonds is 4. The third-order valence-electron chi connectivity index (χ3n) is 4.66. The monoisotopic (exact) mass is 360 g/mol. The van der Waals surface area contributed by atoms with Gasteiger partial charge in [0.15, 0.2) is 0 Å². The molecule has 136 valence electrons. The number of nitrogens with one attached hydrogen (secondary N) is 1. The molecule has 2 heterocycles. The predicted molar refractivity (Wildman–Crippen MR) is 104 cm³/mol. The van der Waals surface area contributed by atoms with Gasteiger partial charge >= 0.3 is 0 Å². The van der Waals surface area contributed by atoms with E-state index >= 15 is 0 Å². The van der Waals surface area contributed by atoms with Crippen LogP contribution in [0.5, 0.6) is 5.75 Å². The normalized spacial score (nSPS) is 13.0. The lowest BCUT2D eigenvalue weighted by Crippen LogP contribution is -2.31. The van der Waals surface area contributed by atoms with Crippen molar-refractivity contribution in [3.05, 3.63) is 77.6 Å². The Morgan fingerprint density at radius 1 is 1.04 bits per heavy atom. The number of ether oxygens (including phenoxy) is 1. The van der Waals surface area contributed by atoms with Crippen molar-refractivity contribution in [3.63, 3.8) is 0 Å². The Bertz CT molecular complexity index is 939. The summed E-state index contributed by atoms with van der Waals surface area (Å²) in [6.45, 7) is 1.65. The molecular formula is C21H20N4O2. The summed E-state index contributed by atoms with van der Waals surface area (Å²) in [5.74, 6) is 1.14. The zero-order chi connectivity index (χ0) is 18.6. The summed E-state index contributed by atoms with van der Waals surface area (Å²) < 4.78 is 5.11. The molecule has 1 amide bonds. The number of methoxy groups -OCH3 is 1. The van der Waals surface area contributed by atoms with Gasteiger partial charge in [0.05, 0.1) is 12.7 Å². The molecule has 27 heavy (non-hydrogen) atoms. The van der Waals surface area contributed by atoms with Crippen molar-refractivity contribution in [3.8, 4) is 5.75 Å². The van der Waals surface area contributed by atoms with E-state index in [1.54, 1.807) is 43.8 Å². The molecule has 2 aromatic carbocycles. The van der Waals surface area contributed by atoms with Gasteiger partial charge < -0.3 is 15.0 Å². The van der Waals surface area contributed by atoms with Gasteiger partial charge in [-0.2, -0.15) is 0 Å². The van der Waals surface area contributed by atoms with E-state index < -0.39 is 0 Å². The molecule has 0 saturated heterocycles. The van der Waals surface area contributed by atoms with Crippen molar-refractivity contribution in [2.45, 2.75) is 13.0 Å². The molecule has 0 fully saturated rings. The van der Waals surface area contributed by atoms with Gasteiger partial charge in [0.25, 0.3) is 5.91 Å². The minimum absolute atomic E-state index is 0.240. The van der Waals surface area contributed by atoms with Crippen LogP contribution in [-0.2, 0) is 13.0 Å². The van der Waals surface area contributed by atoms with Crippen LogP contribution in [0.3, 0.4) is 0 Å². The first-order chi connectivity index (χ1) is 13.2. The molecule has 0 spiro atoms.